The van der Waals surface area contributed by atoms with Crippen molar-refractivity contribution < 1.29 is 28.3 Å². The molecule has 2 aromatic carbocycles. The monoisotopic (exact) mass is 562 g/mol. The van der Waals surface area contributed by atoms with Crippen molar-refractivity contribution in [3.05, 3.63) is 88.8 Å². The number of carbonyl (C=O) groups excluding carboxylic acids is 4. The molecule has 0 spiro atoms. The summed E-state index contributed by atoms with van der Waals surface area (Å²) in [6.45, 7) is 1.33. The number of benzene rings is 2. The molecule has 196 valence electrons. The first-order valence-corrected chi connectivity index (χ1v) is 12.9. The second-order valence-electron chi connectivity index (χ2n) is 8.44. The Morgan fingerprint density at radius 1 is 1.10 bits per heavy atom. The number of thioether (sulfide) groups is 1. The lowest BCUT2D eigenvalue weighted by atomic mass is 10.1. The molecular formula is C27H19ClN4O6S. The highest BCUT2D eigenvalue weighted by molar-refractivity contribution is 8.00. The Balaban J connectivity index is 1.22. The minimum absolute atomic E-state index is 0.0507. The van der Waals surface area contributed by atoms with Crippen molar-refractivity contribution in [2.45, 2.75) is 23.8 Å². The number of amides is 2. The molecule has 0 radical (unpaired) electrons. The zero-order chi connectivity index (χ0) is 27.5. The molecule has 1 unspecified atom stereocenters. The Hall–Kier alpha value is -4.35. The SMILES string of the molecule is Cc1ccc(-c2cnnc(SC3CC(=O)N(c4ccc(C(=O)OCC(=O)c5ccccc5Cl)cc4)C3=O)n2)o1. The molecule has 1 aliphatic rings. The maximum Gasteiger partial charge on any atom is 0.338 e. The zero-order valence-corrected chi connectivity index (χ0v) is 21.9. The summed E-state index contributed by atoms with van der Waals surface area (Å²) < 4.78 is 10.7. The van der Waals surface area contributed by atoms with Crippen LogP contribution in [0, 0.1) is 6.92 Å². The van der Waals surface area contributed by atoms with Gasteiger partial charge in [-0.05, 0) is 55.5 Å². The minimum Gasteiger partial charge on any atom is -0.460 e. The van der Waals surface area contributed by atoms with E-state index in [1.54, 1.807) is 36.4 Å². The van der Waals surface area contributed by atoms with E-state index < -0.39 is 35.4 Å². The molecule has 1 aliphatic heterocycles. The minimum atomic E-state index is -0.742. The van der Waals surface area contributed by atoms with Crippen LogP contribution in [0.4, 0.5) is 5.69 Å². The maximum absolute atomic E-state index is 13.1. The van der Waals surface area contributed by atoms with Gasteiger partial charge in [0.05, 0.1) is 22.5 Å². The first kappa shape index (κ1) is 26.3. The fourth-order valence-corrected chi connectivity index (χ4v) is 5.02. The van der Waals surface area contributed by atoms with Crippen molar-refractivity contribution in [2.75, 3.05) is 11.5 Å². The lowest BCUT2D eigenvalue weighted by Gasteiger charge is -2.15. The Morgan fingerprint density at radius 3 is 2.59 bits per heavy atom. The fourth-order valence-electron chi connectivity index (χ4n) is 3.85. The lowest BCUT2D eigenvalue weighted by Crippen LogP contribution is -2.31. The summed E-state index contributed by atoms with van der Waals surface area (Å²) in [7, 11) is 0. The second-order valence-corrected chi connectivity index (χ2v) is 10.0. The van der Waals surface area contributed by atoms with E-state index in [1.807, 2.05) is 6.92 Å². The van der Waals surface area contributed by atoms with Crippen molar-refractivity contribution in [3.63, 3.8) is 0 Å². The number of hydrogen-bond acceptors (Lipinski definition) is 10. The number of esters is 1. The van der Waals surface area contributed by atoms with E-state index >= 15 is 0 Å². The van der Waals surface area contributed by atoms with Crippen LogP contribution in [0.1, 0.15) is 32.9 Å². The third-order valence-electron chi connectivity index (χ3n) is 5.75. The van der Waals surface area contributed by atoms with Gasteiger partial charge in [0.25, 0.3) is 0 Å². The maximum atomic E-state index is 13.1. The van der Waals surface area contributed by atoms with Gasteiger partial charge in [-0.3, -0.25) is 14.4 Å². The van der Waals surface area contributed by atoms with Crippen molar-refractivity contribution in [1.29, 1.82) is 0 Å². The number of aryl methyl sites for hydroxylation is 1. The molecule has 39 heavy (non-hydrogen) atoms. The van der Waals surface area contributed by atoms with Crippen LogP contribution in [-0.2, 0) is 14.3 Å². The number of nitrogens with zero attached hydrogens (tertiary/aromatic N) is 4. The van der Waals surface area contributed by atoms with E-state index in [2.05, 4.69) is 15.2 Å². The van der Waals surface area contributed by atoms with Crippen molar-refractivity contribution in [1.82, 2.24) is 15.2 Å². The van der Waals surface area contributed by atoms with Crippen LogP contribution < -0.4 is 4.90 Å². The summed E-state index contributed by atoms with van der Waals surface area (Å²) in [5.74, 6) is -0.768. The molecule has 0 N–H and O–H groups in total. The van der Waals surface area contributed by atoms with E-state index in [0.717, 1.165) is 22.4 Å². The highest BCUT2D eigenvalue weighted by Crippen LogP contribution is 2.33. The topological polar surface area (TPSA) is 133 Å². The smallest absolute Gasteiger partial charge is 0.338 e. The number of ketones is 1. The molecule has 5 rings (SSSR count). The predicted molar refractivity (Wildman–Crippen MR) is 142 cm³/mol. The molecule has 2 amide bonds. The van der Waals surface area contributed by atoms with Gasteiger partial charge >= 0.3 is 5.97 Å². The molecule has 1 saturated heterocycles. The lowest BCUT2D eigenvalue weighted by molar-refractivity contribution is -0.121. The first-order chi connectivity index (χ1) is 18.8. The Labute approximate surface area is 231 Å². The zero-order valence-electron chi connectivity index (χ0n) is 20.4. The molecule has 3 heterocycles. The second kappa shape index (κ2) is 11.2. The van der Waals surface area contributed by atoms with Crippen LogP contribution in [0.5, 0.6) is 0 Å². The molecule has 0 saturated carbocycles. The summed E-state index contributed by atoms with van der Waals surface area (Å²) in [6, 6.07) is 15.8. The Bertz CT molecular complexity index is 1590. The molecule has 2 aromatic heterocycles. The molecule has 4 aromatic rings. The number of halogens is 1. The summed E-state index contributed by atoms with van der Waals surface area (Å²) in [6.07, 6.45) is 1.40. The number of hydrogen-bond donors (Lipinski definition) is 0. The van der Waals surface area contributed by atoms with Gasteiger partial charge in [0, 0.05) is 12.0 Å². The van der Waals surface area contributed by atoms with E-state index in [4.69, 9.17) is 20.8 Å². The summed E-state index contributed by atoms with van der Waals surface area (Å²) in [5, 5.41) is 7.66. The van der Waals surface area contributed by atoms with Crippen LogP contribution in [0.25, 0.3) is 11.5 Å². The largest absolute Gasteiger partial charge is 0.460 e. The Morgan fingerprint density at radius 2 is 1.87 bits per heavy atom. The van der Waals surface area contributed by atoms with E-state index in [1.165, 1.54) is 30.5 Å². The van der Waals surface area contributed by atoms with Crippen LogP contribution >= 0.6 is 23.4 Å². The number of imide groups is 1. The van der Waals surface area contributed by atoms with Gasteiger partial charge in [-0.1, -0.05) is 35.5 Å². The molecule has 12 heteroatoms. The predicted octanol–water partition coefficient (Wildman–Crippen LogP) is 4.56. The van der Waals surface area contributed by atoms with E-state index in [0.29, 0.717) is 17.1 Å². The molecular weight excluding hydrogens is 544 g/mol. The van der Waals surface area contributed by atoms with Gasteiger partial charge in [-0.15, -0.1) is 5.10 Å². The average Bonchev–Trinajstić information content (AvgIpc) is 3.49. The van der Waals surface area contributed by atoms with Gasteiger partial charge in [-0.25, -0.2) is 14.7 Å². The number of furan rings is 1. The molecule has 10 nitrogen and oxygen atoms in total. The summed E-state index contributed by atoms with van der Waals surface area (Å²) in [4.78, 5) is 56.0. The van der Waals surface area contributed by atoms with Crippen LogP contribution in [-0.4, -0.2) is 50.6 Å². The van der Waals surface area contributed by atoms with Crippen molar-refractivity contribution >= 4 is 52.6 Å². The number of carbonyl (C=O) groups is 4. The van der Waals surface area contributed by atoms with Gasteiger partial charge < -0.3 is 9.15 Å². The summed E-state index contributed by atoms with van der Waals surface area (Å²) in [5.41, 5.74) is 1.17. The fraction of sp³-hybridized carbons (Fsp3) is 0.148. The van der Waals surface area contributed by atoms with Crippen LogP contribution in [0.2, 0.25) is 5.02 Å². The standard InChI is InChI=1S/C27H19ClN4O6S/c1-15-6-11-22(38-15)20-13-29-31-27(30-20)39-23-12-24(34)32(25(23)35)17-9-7-16(8-10-17)26(36)37-14-21(33)18-4-2-3-5-19(18)28/h2-11,13,23H,12,14H2,1H3. The molecule has 0 bridgehead atoms. The van der Waals surface area contributed by atoms with Gasteiger partial charge in [-0.2, -0.15) is 5.10 Å². The van der Waals surface area contributed by atoms with Gasteiger partial charge in [0.2, 0.25) is 22.8 Å². The Kier molecular flexibility index (Phi) is 7.53. The van der Waals surface area contributed by atoms with Gasteiger partial charge in [0.1, 0.15) is 16.7 Å². The molecule has 0 aliphatic carbocycles. The number of ether oxygens (including phenoxy) is 1. The first-order valence-electron chi connectivity index (χ1n) is 11.6. The third kappa shape index (κ3) is 5.74. The van der Waals surface area contributed by atoms with Crippen LogP contribution in [0.15, 0.2) is 76.4 Å². The van der Waals surface area contributed by atoms with Crippen molar-refractivity contribution in [3.8, 4) is 11.5 Å². The highest BCUT2D eigenvalue weighted by Gasteiger charge is 2.41. The number of Topliss-reactive ketones (excluding diaryl/α,β-unsaturated/α-hetero) is 1. The van der Waals surface area contributed by atoms with Crippen LogP contribution in [0.3, 0.4) is 0 Å². The number of rotatable bonds is 8. The highest BCUT2D eigenvalue weighted by atomic mass is 35.5. The van der Waals surface area contributed by atoms with E-state index in [-0.39, 0.29) is 27.7 Å². The van der Waals surface area contributed by atoms with Crippen molar-refractivity contribution in [2.24, 2.45) is 0 Å². The number of anilines is 1. The number of aromatic nitrogens is 3. The summed E-state index contributed by atoms with van der Waals surface area (Å²) >= 11 is 7.05. The van der Waals surface area contributed by atoms with Gasteiger partial charge in [0.15, 0.2) is 12.4 Å². The normalized spacial score (nSPS) is 15.0. The third-order valence-corrected chi connectivity index (χ3v) is 7.12. The molecule has 1 atom stereocenters. The van der Waals surface area contributed by atoms with E-state index in [9.17, 15) is 19.2 Å². The average molecular weight is 563 g/mol. The molecule has 1 fully saturated rings. The quantitative estimate of drug-likeness (QED) is 0.171.